The zero-order chi connectivity index (χ0) is 23.8. The molecule has 0 unspecified atom stereocenters. The van der Waals surface area contributed by atoms with E-state index in [0.29, 0.717) is 12.0 Å². The van der Waals surface area contributed by atoms with Gasteiger partial charge >= 0.3 is 0 Å². The number of hydrogen-bond acceptors (Lipinski definition) is 2. The average Bonchev–Trinajstić information content (AvgIpc) is 2.79. The first-order valence-electron chi connectivity index (χ1n) is 10.9. The summed E-state index contributed by atoms with van der Waals surface area (Å²) in [6, 6.07) is 22.7. The van der Waals surface area contributed by atoms with Crippen LogP contribution in [0.3, 0.4) is 0 Å². The van der Waals surface area contributed by atoms with Crippen molar-refractivity contribution in [2.45, 2.75) is 45.3 Å². The summed E-state index contributed by atoms with van der Waals surface area (Å²) < 4.78 is 15.2. The molecule has 2 amide bonds. The Morgan fingerprint density at radius 3 is 2.18 bits per heavy atom. The number of nitrogens with zero attached hydrogens (tertiary/aromatic N) is 1. The van der Waals surface area contributed by atoms with Gasteiger partial charge in [-0.1, -0.05) is 76.6 Å². The fourth-order valence-corrected chi connectivity index (χ4v) is 3.89. The van der Waals surface area contributed by atoms with Crippen LogP contribution in [0, 0.1) is 5.82 Å². The fraction of sp³-hybridized carbons (Fsp3) is 0.259. The molecule has 0 aliphatic rings. The van der Waals surface area contributed by atoms with Crippen LogP contribution in [-0.2, 0) is 29.0 Å². The maximum absolute atomic E-state index is 14.3. The Morgan fingerprint density at radius 2 is 1.55 bits per heavy atom. The molecule has 0 bridgehead atoms. The Hall–Kier alpha value is -2.99. The molecule has 3 aromatic rings. The van der Waals surface area contributed by atoms with Gasteiger partial charge in [0, 0.05) is 23.5 Å². The van der Waals surface area contributed by atoms with Crippen molar-refractivity contribution in [2.24, 2.45) is 0 Å². The lowest BCUT2D eigenvalue weighted by molar-refractivity contribution is -0.141. The molecule has 172 valence electrons. The summed E-state index contributed by atoms with van der Waals surface area (Å²) in [4.78, 5) is 28.4. The Bertz CT molecular complexity index is 1070. The number of rotatable bonds is 9. The molecule has 0 saturated carbocycles. The second-order valence-electron chi connectivity index (χ2n) is 8.29. The molecular weight excluding hydrogens is 483 g/mol. The summed E-state index contributed by atoms with van der Waals surface area (Å²) in [5.41, 5.74) is 2.14. The molecule has 0 spiro atoms. The average molecular weight is 511 g/mol. The number of carbonyl (C=O) groups is 2. The SMILES string of the molecule is CC(C)NC(=O)[C@@H](Cc1ccccc1)N(Cc1ccc(Br)cc1)C(=O)Cc1ccccc1F. The third-order valence-electron chi connectivity index (χ3n) is 5.27. The molecule has 0 aliphatic carbocycles. The highest BCUT2D eigenvalue weighted by Crippen LogP contribution is 2.19. The fourth-order valence-electron chi connectivity index (χ4n) is 3.63. The maximum atomic E-state index is 14.3. The number of benzene rings is 3. The van der Waals surface area contributed by atoms with Crippen molar-refractivity contribution in [1.29, 1.82) is 0 Å². The van der Waals surface area contributed by atoms with E-state index in [1.54, 1.807) is 23.1 Å². The molecule has 0 aromatic heterocycles. The van der Waals surface area contributed by atoms with Crippen molar-refractivity contribution in [3.05, 3.63) is 106 Å². The highest BCUT2D eigenvalue weighted by atomic mass is 79.9. The number of carbonyl (C=O) groups excluding carboxylic acids is 2. The Labute approximate surface area is 202 Å². The third-order valence-corrected chi connectivity index (χ3v) is 5.80. The zero-order valence-corrected chi connectivity index (χ0v) is 20.4. The molecule has 4 nitrogen and oxygen atoms in total. The largest absolute Gasteiger partial charge is 0.352 e. The number of nitrogens with one attached hydrogen (secondary N) is 1. The second-order valence-corrected chi connectivity index (χ2v) is 9.20. The zero-order valence-electron chi connectivity index (χ0n) is 18.8. The van der Waals surface area contributed by atoms with Crippen molar-refractivity contribution < 1.29 is 14.0 Å². The van der Waals surface area contributed by atoms with Crippen molar-refractivity contribution in [3.63, 3.8) is 0 Å². The predicted octanol–water partition coefficient (Wildman–Crippen LogP) is 5.30. The van der Waals surface area contributed by atoms with Gasteiger partial charge in [-0.3, -0.25) is 9.59 Å². The van der Waals surface area contributed by atoms with E-state index in [1.165, 1.54) is 6.07 Å². The van der Waals surface area contributed by atoms with Crippen molar-refractivity contribution in [2.75, 3.05) is 0 Å². The normalized spacial score (nSPS) is 11.8. The molecule has 33 heavy (non-hydrogen) atoms. The quantitative estimate of drug-likeness (QED) is 0.424. The van der Waals surface area contributed by atoms with E-state index in [-0.39, 0.29) is 30.8 Å². The lowest BCUT2D eigenvalue weighted by Crippen LogP contribution is -2.52. The van der Waals surface area contributed by atoms with E-state index in [4.69, 9.17) is 0 Å². The van der Waals surface area contributed by atoms with Gasteiger partial charge in [0.05, 0.1) is 6.42 Å². The molecule has 0 heterocycles. The van der Waals surface area contributed by atoms with E-state index in [2.05, 4.69) is 21.2 Å². The van der Waals surface area contributed by atoms with Crippen LogP contribution in [0.1, 0.15) is 30.5 Å². The number of halogens is 2. The van der Waals surface area contributed by atoms with Crippen LogP contribution in [0.5, 0.6) is 0 Å². The first-order valence-corrected chi connectivity index (χ1v) is 11.7. The van der Waals surface area contributed by atoms with Gasteiger partial charge in [0.25, 0.3) is 0 Å². The van der Waals surface area contributed by atoms with Crippen LogP contribution in [-0.4, -0.2) is 28.8 Å². The van der Waals surface area contributed by atoms with E-state index < -0.39 is 11.9 Å². The molecular formula is C27H28BrFN2O2. The molecule has 0 fully saturated rings. The van der Waals surface area contributed by atoms with Gasteiger partial charge in [-0.05, 0) is 48.7 Å². The van der Waals surface area contributed by atoms with Gasteiger partial charge in [-0.2, -0.15) is 0 Å². The van der Waals surface area contributed by atoms with Crippen molar-refractivity contribution in [3.8, 4) is 0 Å². The minimum absolute atomic E-state index is 0.0769. The third kappa shape index (κ3) is 7.26. The molecule has 0 aliphatic heterocycles. The molecule has 3 rings (SSSR count). The molecule has 3 aromatic carbocycles. The summed E-state index contributed by atoms with van der Waals surface area (Å²) >= 11 is 3.43. The molecule has 1 atom stereocenters. The van der Waals surface area contributed by atoms with Crippen LogP contribution in [0.4, 0.5) is 4.39 Å². The van der Waals surface area contributed by atoms with Gasteiger partial charge in [-0.25, -0.2) is 4.39 Å². The van der Waals surface area contributed by atoms with Crippen molar-refractivity contribution >= 4 is 27.7 Å². The Morgan fingerprint density at radius 1 is 0.909 bits per heavy atom. The Balaban J connectivity index is 1.97. The van der Waals surface area contributed by atoms with Crippen LogP contribution in [0.25, 0.3) is 0 Å². The lowest BCUT2D eigenvalue weighted by Gasteiger charge is -2.32. The summed E-state index contributed by atoms with van der Waals surface area (Å²) in [6.45, 7) is 4.01. The van der Waals surface area contributed by atoms with Gasteiger partial charge in [0.15, 0.2) is 0 Å². The summed E-state index contributed by atoms with van der Waals surface area (Å²) in [5, 5.41) is 2.95. The maximum Gasteiger partial charge on any atom is 0.243 e. The van der Waals surface area contributed by atoms with Crippen LogP contribution >= 0.6 is 15.9 Å². The van der Waals surface area contributed by atoms with Gasteiger partial charge < -0.3 is 10.2 Å². The minimum atomic E-state index is -0.738. The smallest absolute Gasteiger partial charge is 0.243 e. The minimum Gasteiger partial charge on any atom is -0.352 e. The first-order chi connectivity index (χ1) is 15.8. The second kappa shape index (κ2) is 11.8. The summed E-state index contributed by atoms with van der Waals surface area (Å²) in [7, 11) is 0. The van der Waals surface area contributed by atoms with Crippen LogP contribution in [0.15, 0.2) is 83.3 Å². The van der Waals surface area contributed by atoms with E-state index in [9.17, 15) is 14.0 Å². The number of amides is 2. The van der Waals surface area contributed by atoms with E-state index in [0.717, 1.165) is 15.6 Å². The van der Waals surface area contributed by atoms with Crippen LogP contribution in [0.2, 0.25) is 0 Å². The molecule has 0 saturated heterocycles. The van der Waals surface area contributed by atoms with E-state index >= 15 is 0 Å². The molecule has 0 radical (unpaired) electrons. The monoisotopic (exact) mass is 510 g/mol. The predicted molar refractivity (Wildman–Crippen MR) is 132 cm³/mol. The summed E-state index contributed by atoms with van der Waals surface area (Å²) in [5.74, 6) is -0.962. The highest BCUT2D eigenvalue weighted by Gasteiger charge is 2.31. The first kappa shape index (κ1) is 24.6. The Kier molecular flexibility index (Phi) is 8.78. The summed E-state index contributed by atoms with van der Waals surface area (Å²) in [6.07, 6.45) is 0.238. The van der Waals surface area contributed by atoms with Crippen LogP contribution < -0.4 is 5.32 Å². The standard InChI is InChI=1S/C27H28BrFN2O2/c1-19(2)30-27(33)25(16-20-8-4-3-5-9-20)31(18-21-12-14-23(28)15-13-21)26(32)17-22-10-6-7-11-24(22)29/h3-15,19,25H,16-18H2,1-2H3,(H,30,33)/t25-/m1/s1. The molecule has 1 N–H and O–H groups in total. The van der Waals surface area contributed by atoms with Crippen molar-refractivity contribution in [1.82, 2.24) is 10.2 Å². The topological polar surface area (TPSA) is 49.4 Å². The highest BCUT2D eigenvalue weighted by molar-refractivity contribution is 9.10. The van der Waals surface area contributed by atoms with Gasteiger partial charge in [0.2, 0.25) is 11.8 Å². The van der Waals surface area contributed by atoms with Gasteiger partial charge in [0.1, 0.15) is 11.9 Å². The lowest BCUT2D eigenvalue weighted by atomic mass is 10.0. The molecule has 6 heteroatoms. The van der Waals surface area contributed by atoms with Gasteiger partial charge in [-0.15, -0.1) is 0 Å². The van der Waals surface area contributed by atoms with E-state index in [1.807, 2.05) is 68.4 Å². The number of hydrogen-bond donors (Lipinski definition) is 1.